The van der Waals surface area contributed by atoms with Crippen LogP contribution in [0.4, 0.5) is 10.5 Å². The van der Waals surface area contributed by atoms with Gasteiger partial charge in [-0.3, -0.25) is 4.79 Å². The number of unbranched alkanes of at least 4 members (excludes halogenated alkanes) is 1. The number of carbonyl (C=O) groups excluding carboxylic acids is 2. The Kier molecular flexibility index (Phi) is 13.1. The van der Waals surface area contributed by atoms with E-state index in [-0.39, 0.29) is 18.5 Å². The van der Waals surface area contributed by atoms with Crippen LogP contribution in [0.3, 0.4) is 0 Å². The van der Waals surface area contributed by atoms with Gasteiger partial charge in [0.05, 0.1) is 13.2 Å². The van der Waals surface area contributed by atoms with Crippen molar-refractivity contribution in [1.29, 1.82) is 0 Å². The van der Waals surface area contributed by atoms with Crippen molar-refractivity contribution in [3.05, 3.63) is 82.6 Å². The van der Waals surface area contributed by atoms with Gasteiger partial charge < -0.3 is 29.2 Å². The molecular formula is C31H41BrN4O4. The molecule has 0 bridgehead atoms. The van der Waals surface area contributed by atoms with Crippen LogP contribution in [-0.4, -0.2) is 66.3 Å². The monoisotopic (exact) mass is 612 g/mol. The Labute approximate surface area is 246 Å². The zero-order valence-corrected chi connectivity index (χ0v) is 25.4. The third-order valence-electron chi connectivity index (χ3n) is 6.48. The van der Waals surface area contributed by atoms with Gasteiger partial charge in [-0.25, -0.2) is 4.79 Å². The van der Waals surface area contributed by atoms with E-state index < -0.39 is 0 Å². The number of hydrogen-bond donors (Lipinski definition) is 1. The summed E-state index contributed by atoms with van der Waals surface area (Å²) in [6.07, 6.45) is 4.54. The third-order valence-corrected chi connectivity index (χ3v) is 7.01. The predicted molar refractivity (Wildman–Crippen MR) is 163 cm³/mol. The molecule has 40 heavy (non-hydrogen) atoms. The Morgan fingerprint density at radius 1 is 0.950 bits per heavy atom. The first kappa shape index (κ1) is 31.2. The minimum absolute atomic E-state index is 0.0102. The molecular weight excluding hydrogens is 572 g/mol. The Balaban J connectivity index is 1.71. The lowest BCUT2D eigenvalue weighted by Crippen LogP contribution is -2.45. The Hall–Kier alpha value is -3.30. The molecule has 0 aliphatic heterocycles. The second-order valence-electron chi connectivity index (χ2n) is 9.58. The molecule has 1 aromatic heterocycles. The summed E-state index contributed by atoms with van der Waals surface area (Å²) in [5.74, 6) is 0.660. The number of urea groups is 1. The second kappa shape index (κ2) is 16.7. The first-order chi connectivity index (χ1) is 19.4. The lowest BCUT2D eigenvalue weighted by Gasteiger charge is -2.28. The first-order valence-corrected chi connectivity index (χ1v) is 14.7. The Morgan fingerprint density at radius 3 is 2.35 bits per heavy atom. The molecule has 0 radical (unpaired) electrons. The molecule has 0 fully saturated rings. The third kappa shape index (κ3) is 10.0. The summed E-state index contributed by atoms with van der Waals surface area (Å²) in [5, 5.41) is 2.92. The van der Waals surface area contributed by atoms with Gasteiger partial charge in [0.25, 0.3) is 0 Å². The van der Waals surface area contributed by atoms with E-state index in [0.29, 0.717) is 45.0 Å². The maximum Gasteiger partial charge on any atom is 0.322 e. The van der Waals surface area contributed by atoms with Crippen LogP contribution in [0.1, 0.15) is 44.4 Å². The minimum Gasteiger partial charge on any atom is -0.494 e. The van der Waals surface area contributed by atoms with Gasteiger partial charge >= 0.3 is 6.03 Å². The maximum absolute atomic E-state index is 13.6. The number of carbonyl (C=O) groups is 2. The van der Waals surface area contributed by atoms with Crippen LogP contribution in [0.15, 0.2) is 71.3 Å². The normalized spacial score (nSPS) is 10.8. The van der Waals surface area contributed by atoms with Gasteiger partial charge in [-0.2, -0.15) is 0 Å². The van der Waals surface area contributed by atoms with Crippen LogP contribution in [0, 0.1) is 0 Å². The highest BCUT2D eigenvalue weighted by Crippen LogP contribution is 2.17. The van der Waals surface area contributed by atoms with Crippen LogP contribution in [0.5, 0.6) is 5.75 Å². The molecule has 3 aromatic rings. The van der Waals surface area contributed by atoms with Gasteiger partial charge in [-0.1, -0.05) is 41.4 Å². The van der Waals surface area contributed by atoms with Crippen LogP contribution in [0.2, 0.25) is 0 Å². The van der Waals surface area contributed by atoms with E-state index in [9.17, 15) is 9.59 Å². The fourth-order valence-electron chi connectivity index (χ4n) is 4.29. The largest absolute Gasteiger partial charge is 0.494 e. The average molecular weight is 614 g/mol. The van der Waals surface area contributed by atoms with Gasteiger partial charge in [0.2, 0.25) is 5.91 Å². The molecule has 0 unspecified atom stereocenters. The molecule has 3 amide bonds. The molecule has 0 saturated heterocycles. The van der Waals surface area contributed by atoms with Crippen molar-refractivity contribution in [2.75, 3.05) is 45.3 Å². The fourth-order valence-corrected chi connectivity index (χ4v) is 4.55. The number of aromatic nitrogens is 1. The number of methoxy groups -OCH3 is 1. The molecule has 1 N–H and O–H groups in total. The van der Waals surface area contributed by atoms with E-state index in [4.69, 9.17) is 9.47 Å². The number of amides is 3. The van der Waals surface area contributed by atoms with Crippen molar-refractivity contribution in [2.45, 2.75) is 46.2 Å². The van der Waals surface area contributed by atoms with Crippen LogP contribution in [-0.2, 0) is 22.6 Å². The number of anilines is 1. The summed E-state index contributed by atoms with van der Waals surface area (Å²) in [6, 6.07) is 19.2. The number of nitrogens with zero attached hydrogens (tertiary/aromatic N) is 3. The number of benzene rings is 2. The maximum atomic E-state index is 13.6. The van der Waals surface area contributed by atoms with Crippen LogP contribution >= 0.6 is 15.9 Å². The zero-order chi connectivity index (χ0) is 28.7. The molecule has 216 valence electrons. The summed E-state index contributed by atoms with van der Waals surface area (Å²) in [7, 11) is 1.63. The highest BCUT2D eigenvalue weighted by atomic mass is 79.9. The lowest BCUT2D eigenvalue weighted by atomic mass is 10.2. The van der Waals surface area contributed by atoms with Gasteiger partial charge in [0, 0.05) is 55.4 Å². The molecule has 2 aromatic carbocycles. The Morgan fingerprint density at radius 2 is 1.68 bits per heavy atom. The summed E-state index contributed by atoms with van der Waals surface area (Å²) in [4.78, 5) is 30.3. The van der Waals surface area contributed by atoms with Gasteiger partial charge in [-0.15, -0.1) is 0 Å². The van der Waals surface area contributed by atoms with Crippen molar-refractivity contribution >= 4 is 33.6 Å². The topological polar surface area (TPSA) is 76.0 Å². The van der Waals surface area contributed by atoms with Gasteiger partial charge in [0.1, 0.15) is 12.3 Å². The lowest BCUT2D eigenvalue weighted by molar-refractivity contribution is -0.132. The molecule has 0 aliphatic carbocycles. The molecule has 0 aliphatic rings. The summed E-state index contributed by atoms with van der Waals surface area (Å²) in [6.45, 7) is 7.34. The fraction of sp³-hybridized carbons (Fsp3) is 0.419. The number of rotatable bonds is 16. The van der Waals surface area contributed by atoms with E-state index in [1.54, 1.807) is 24.1 Å². The van der Waals surface area contributed by atoms with E-state index in [1.807, 2.05) is 48.4 Å². The number of nitrogens with one attached hydrogen (secondary N) is 1. The smallest absolute Gasteiger partial charge is 0.322 e. The molecule has 9 heteroatoms. The van der Waals surface area contributed by atoms with Crippen molar-refractivity contribution in [2.24, 2.45) is 0 Å². The number of hydrogen-bond acceptors (Lipinski definition) is 4. The van der Waals surface area contributed by atoms with Crippen molar-refractivity contribution in [3.8, 4) is 5.75 Å². The number of ether oxygens (including phenoxy) is 2. The first-order valence-electron chi connectivity index (χ1n) is 13.9. The van der Waals surface area contributed by atoms with Crippen LogP contribution in [0.25, 0.3) is 0 Å². The van der Waals surface area contributed by atoms with Gasteiger partial charge in [-0.05, 0) is 73.9 Å². The van der Waals surface area contributed by atoms with Crippen molar-refractivity contribution in [1.82, 2.24) is 14.4 Å². The predicted octanol–water partition coefficient (Wildman–Crippen LogP) is 6.40. The molecule has 3 rings (SSSR count). The molecule has 1 heterocycles. The van der Waals surface area contributed by atoms with E-state index in [0.717, 1.165) is 35.3 Å². The SMILES string of the molecule is CCCCN(Cc1cccn1Cc1ccc(Br)cc1)C(=O)CN(CCCOC)C(=O)Nc1ccc(OCC)cc1. The van der Waals surface area contributed by atoms with Crippen LogP contribution < -0.4 is 10.1 Å². The second-order valence-corrected chi connectivity index (χ2v) is 10.5. The van der Waals surface area contributed by atoms with Gasteiger partial charge in [0.15, 0.2) is 0 Å². The summed E-state index contributed by atoms with van der Waals surface area (Å²) >= 11 is 3.49. The number of halogens is 1. The molecule has 0 saturated carbocycles. The molecule has 0 atom stereocenters. The standard InChI is InChI=1S/C31H41BrN4O4/c1-4-6-18-35(23-28-9-7-19-34(28)22-25-10-12-26(32)13-11-25)30(37)24-36(20-8-21-39-3)31(38)33-27-14-16-29(17-15-27)40-5-2/h7,9-17,19H,4-6,8,18,20-24H2,1-3H3,(H,33,38). The summed E-state index contributed by atoms with van der Waals surface area (Å²) in [5.41, 5.74) is 2.88. The quantitative estimate of drug-likeness (QED) is 0.190. The Bertz CT molecular complexity index is 1180. The summed E-state index contributed by atoms with van der Waals surface area (Å²) < 4.78 is 13.9. The van der Waals surface area contributed by atoms with Crippen molar-refractivity contribution in [3.63, 3.8) is 0 Å². The van der Waals surface area contributed by atoms with Crippen molar-refractivity contribution < 1.29 is 19.1 Å². The highest BCUT2D eigenvalue weighted by molar-refractivity contribution is 9.10. The van der Waals surface area contributed by atoms with E-state index in [1.165, 1.54) is 5.56 Å². The van der Waals surface area contributed by atoms with E-state index in [2.05, 4.69) is 50.9 Å². The average Bonchev–Trinajstić information content (AvgIpc) is 3.39. The minimum atomic E-state index is -0.317. The molecule has 0 spiro atoms. The molecule has 8 nitrogen and oxygen atoms in total. The zero-order valence-electron chi connectivity index (χ0n) is 23.8. The highest BCUT2D eigenvalue weighted by Gasteiger charge is 2.22. The van der Waals surface area contributed by atoms with E-state index >= 15 is 0 Å².